The van der Waals surface area contributed by atoms with Crippen LogP contribution in [0.25, 0.3) is 0 Å². The first-order chi connectivity index (χ1) is 10.1. The van der Waals surface area contributed by atoms with Crippen LogP contribution in [0.2, 0.25) is 0 Å². The molecule has 0 aliphatic heterocycles. The molecule has 0 aliphatic rings. The number of rotatable bonds is 5. The fourth-order valence-electron chi connectivity index (χ4n) is 1.96. The second-order valence-electron chi connectivity index (χ2n) is 4.67. The minimum Gasteiger partial charge on any atom is -0.497 e. The van der Waals surface area contributed by atoms with Gasteiger partial charge in [0.05, 0.1) is 7.11 Å². The summed E-state index contributed by atoms with van der Waals surface area (Å²) in [5.41, 5.74) is 0.840. The topological polar surface area (TPSA) is 38.8 Å². The molecule has 0 spiro atoms. The monoisotopic (exact) mass is 285 g/mol. The van der Waals surface area contributed by atoms with E-state index in [0.717, 1.165) is 11.4 Å². The summed E-state index contributed by atoms with van der Waals surface area (Å²) < 4.78 is 10.8. The lowest BCUT2D eigenvalue weighted by Gasteiger charge is -2.22. The van der Waals surface area contributed by atoms with Crippen molar-refractivity contribution in [3.8, 4) is 11.5 Å². The van der Waals surface area contributed by atoms with E-state index in [2.05, 4.69) is 0 Å². The van der Waals surface area contributed by atoms with Gasteiger partial charge in [-0.05, 0) is 43.3 Å². The summed E-state index contributed by atoms with van der Waals surface area (Å²) in [5.74, 6) is 1.29. The zero-order chi connectivity index (χ0) is 15.2. The fourth-order valence-corrected chi connectivity index (χ4v) is 1.96. The Hall–Kier alpha value is -2.49. The van der Waals surface area contributed by atoms with Gasteiger partial charge in [0.1, 0.15) is 11.5 Å². The maximum absolute atomic E-state index is 12.3. The molecule has 0 saturated carbocycles. The van der Waals surface area contributed by atoms with Gasteiger partial charge in [0.2, 0.25) is 0 Å². The number of ether oxygens (including phenoxy) is 2. The molecule has 1 atom stereocenters. The Bertz CT molecular complexity index is 581. The number of methoxy groups -OCH3 is 1. The summed E-state index contributed by atoms with van der Waals surface area (Å²) >= 11 is 0. The molecule has 2 aromatic rings. The van der Waals surface area contributed by atoms with Crippen molar-refractivity contribution in [1.29, 1.82) is 0 Å². The molecule has 0 aliphatic carbocycles. The molecule has 4 heteroatoms. The summed E-state index contributed by atoms with van der Waals surface area (Å²) in [6, 6.07) is 16.6. The Balaban J connectivity index is 2.01. The van der Waals surface area contributed by atoms with Crippen molar-refractivity contribution in [2.24, 2.45) is 0 Å². The van der Waals surface area contributed by atoms with Gasteiger partial charge in [-0.25, -0.2) is 0 Å². The van der Waals surface area contributed by atoms with E-state index in [9.17, 15) is 4.79 Å². The Kier molecular flexibility index (Phi) is 4.82. The number of para-hydroxylation sites is 1. The van der Waals surface area contributed by atoms with Crippen molar-refractivity contribution in [2.45, 2.75) is 13.0 Å². The lowest BCUT2D eigenvalue weighted by Crippen LogP contribution is -2.37. The van der Waals surface area contributed by atoms with Crippen LogP contribution in [-0.4, -0.2) is 26.2 Å². The second kappa shape index (κ2) is 6.79. The molecule has 1 amide bonds. The lowest BCUT2D eigenvalue weighted by atomic mass is 10.2. The molecule has 1 unspecified atom stereocenters. The van der Waals surface area contributed by atoms with Crippen LogP contribution in [0.3, 0.4) is 0 Å². The highest BCUT2D eigenvalue weighted by atomic mass is 16.5. The summed E-state index contributed by atoms with van der Waals surface area (Å²) in [6.07, 6.45) is -0.566. The van der Waals surface area contributed by atoms with E-state index in [4.69, 9.17) is 9.47 Å². The zero-order valence-electron chi connectivity index (χ0n) is 12.4. The predicted molar refractivity (Wildman–Crippen MR) is 82.9 cm³/mol. The Labute approximate surface area is 124 Å². The molecule has 110 valence electrons. The van der Waals surface area contributed by atoms with Crippen LogP contribution in [0.4, 0.5) is 5.69 Å². The van der Waals surface area contributed by atoms with Crippen LogP contribution in [0.15, 0.2) is 54.6 Å². The number of hydrogen-bond donors (Lipinski definition) is 0. The highest BCUT2D eigenvalue weighted by Crippen LogP contribution is 2.19. The first-order valence-corrected chi connectivity index (χ1v) is 6.75. The Morgan fingerprint density at radius 1 is 1.00 bits per heavy atom. The van der Waals surface area contributed by atoms with E-state index in [1.54, 1.807) is 50.2 Å². The predicted octanol–water partition coefficient (Wildman–Crippen LogP) is 3.13. The number of nitrogens with zero attached hydrogens (tertiary/aromatic N) is 1. The molecular formula is C17H19NO3. The number of benzene rings is 2. The Morgan fingerprint density at radius 3 is 2.14 bits per heavy atom. The summed E-state index contributed by atoms with van der Waals surface area (Å²) in [5, 5.41) is 0. The Morgan fingerprint density at radius 2 is 1.57 bits per heavy atom. The van der Waals surface area contributed by atoms with Crippen molar-refractivity contribution in [3.63, 3.8) is 0 Å². The van der Waals surface area contributed by atoms with Gasteiger partial charge in [-0.1, -0.05) is 18.2 Å². The molecule has 0 saturated heterocycles. The number of hydrogen-bond acceptors (Lipinski definition) is 3. The van der Waals surface area contributed by atoms with E-state index in [-0.39, 0.29) is 5.91 Å². The highest BCUT2D eigenvalue weighted by Gasteiger charge is 2.20. The van der Waals surface area contributed by atoms with Crippen LogP contribution >= 0.6 is 0 Å². The van der Waals surface area contributed by atoms with Crippen LogP contribution in [-0.2, 0) is 4.79 Å². The third-order valence-corrected chi connectivity index (χ3v) is 3.19. The molecule has 2 rings (SSSR count). The van der Waals surface area contributed by atoms with E-state index in [1.165, 1.54) is 0 Å². The van der Waals surface area contributed by atoms with Gasteiger partial charge in [-0.2, -0.15) is 0 Å². The first kappa shape index (κ1) is 14.9. The van der Waals surface area contributed by atoms with Gasteiger partial charge in [-0.3, -0.25) is 4.79 Å². The van der Waals surface area contributed by atoms with Gasteiger partial charge >= 0.3 is 0 Å². The molecule has 2 aromatic carbocycles. The van der Waals surface area contributed by atoms with Gasteiger partial charge < -0.3 is 14.4 Å². The minimum absolute atomic E-state index is 0.1000. The lowest BCUT2D eigenvalue weighted by molar-refractivity contribution is -0.124. The highest BCUT2D eigenvalue weighted by molar-refractivity contribution is 5.95. The van der Waals surface area contributed by atoms with Crippen LogP contribution in [0.5, 0.6) is 11.5 Å². The number of amides is 1. The summed E-state index contributed by atoms with van der Waals surface area (Å²) in [4.78, 5) is 13.9. The zero-order valence-corrected chi connectivity index (χ0v) is 12.4. The summed E-state index contributed by atoms with van der Waals surface area (Å²) in [7, 11) is 3.35. The number of likely N-dealkylation sites (N-methyl/N-ethyl adjacent to an activating group) is 1. The van der Waals surface area contributed by atoms with Crippen LogP contribution in [0.1, 0.15) is 6.92 Å². The molecule has 0 fully saturated rings. The van der Waals surface area contributed by atoms with Crippen molar-refractivity contribution in [2.75, 3.05) is 19.1 Å². The second-order valence-corrected chi connectivity index (χ2v) is 4.67. The molecule has 4 nitrogen and oxygen atoms in total. The van der Waals surface area contributed by atoms with Gasteiger partial charge in [-0.15, -0.1) is 0 Å². The molecule has 0 radical (unpaired) electrons. The van der Waals surface area contributed by atoms with Gasteiger partial charge in [0.15, 0.2) is 6.10 Å². The largest absolute Gasteiger partial charge is 0.497 e. The molecule has 0 bridgehead atoms. The van der Waals surface area contributed by atoms with E-state index in [0.29, 0.717) is 5.75 Å². The normalized spacial score (nSPS) is 11.6. The average molecular weight is 285 g/mol. The van der Waals surface area contributed by atoms with Crippen LogP contribution < -0.4 is 14.4 Å². The van der Waals surface area contributed by atoms with E-state index < -0.39 is 6.10 Å². The average Bonchev–Trinajstić information content (AvgIpc) is 2.55. The first-order valence-electron chi connectivity index (χ1n) is 6.75. The molecular weight excluding hydrogens is 266 g/mol. The fraction of sp³-hybridized carbons (Fsp3) is 0.235. The van der Waals surface area contributed by atoms with Crippen molar-refractivity contribution >= 4 is 11.6 Å². The van der Waals surface area contributed by atoms with Crippen molar-refractivity contribution < 1.29 is 14.3 Å². The van der Waals surface area contributed by atoms with E-state index in [1.807, 2.05) is 30.3 Å². The maximum atomic E-state index is 12.3. The minimum atomic E-state index is -0.566. The summed E-state index contributed by atoms with van der Waals surface area (Å²) in [6.45, 7) is 1.74. The number of carbonyl (C=O) groups excluding carboxylic acids is 1. The third-order valence-electron chi connectivity index (χ3n) is 3.19. The quantitative estimate of drug-likeness (QED) is 0.847. The maximum Gasteiger partial charge on any atom is 0.267 e. The molecule has 0 N–H and O–H groups in total. The van der Waals surface area contributed by atoms with Crippen molar-refractivity contribution in [1.82, 2.24) is 0 Å². The standard InChI is InChI=1S/C17H19NO3/c1-13(21-16-11-9-15(20-3)10-12-16)17(19)18(2)14-7-5-4-6-8-14/h4-13H,1-3H3. The molecule has 21 heavy (non-hydrogen) atoms. The molecule has 0 aromatic heterocycles. The molecule has 0 heterocycles. The number of carbonyl (C=O) groups is 1. The number of anilines is 1. The van der Waals surface area contributed by atoms with Crippen LogP contribution in [0, 0.1) is 0 Å². The van der Waals surface area contributed by atoms with Gasteiger partial charge in [0.25, 0.3) is 5.91 Å². The van der Waals surface area contributed by atoms with Crippen molar-refractivity contribution in [3.05, 3.63) is 54.6 Å². The van der Waals surface area contributed by atoms with Gasteiger partial charge in [0, 0.05) is 12.7 Å². The smallest absolute Gasteiger partial charge is 0.267 e. The SMILES string of the molecule is COc1ccc(OC(C)C(=O)N(C)c2ccccc2)cc1. The van der Waals surface area contributed by atoms with E-state index >= 15 is 0 Å². The third kappa shape index (κ3) is 3.75.